The lowest BCUT2D eigenvalue weighted by atomic mass is 10.1. The zero-order valence-corrected chi connectivity index (χ0v) is 15.0. The smallest absolute Gasteiger partial charge is 0.259 e. The molecule has 2 N–H and O–H groups in total. The molecule has 0 aliphatic carbocycles. The van der Waals surface area contributed by atoms with Crippen molar-refractivity contribution >= 4 is 12.0 Å². The van der Waals surface area contributed by atoms with E-state index in [0.29, 0.717) is 24.5 Å². The quantitative estimate of drug-likeness (QED) is 0.449. The zero-order chi connectivity index (χ0) is 18.9. The summed E-state index contributed by atoms with van der Waals surface area (Å²) in [5, 5.41) is 8.97. The van der Waals surface area contributed by atoms with Crippen molar-refractivity contribution < 1.29 is 14.3 Å². The van der Waals surface area contributed by atoms with Crippen LogP contribution in [0.3, 0.4) is 0 Å². The normalized spacial score (nSPS) is 10.9. The van der Waals surface area contributed by atoms with Gasteiger partial charge in [-0.05, 0) is 48.7 Å². The number of primary amides is 1. The lowest BCUT2D eigenvalue weighted by molar-refractivity contribution is -0.114. The van der Waals surface area contributed by atoms with Crippen molar-refractivity contribution in [2.75, 3.05) is 13.2 Å². The highest BCUT2D eigenvalue weighted by Crippen LogP contribution is 2.21. The summed E-state index contributed by atoms with van der Waals surface area (Å²) in [6.07, 6.45) is 2.38. The van der Waals surface area contributed by atoms with Gasteiger partial charge < -0.3 is 15.2 Å². The lowest BCUT2D eigenvalue weighted by Crippen LogP contribution is -2.13. The summed E-state index contributed by atoms with van der Waals surface area (Å²) in [5.41, 5.74) is 8.06. The maximum Gasteiger partial charge on any atom is 0.259 e. The first kappa shape index (κ1) is 19.1. The lowest BCUT2D eigenvalue weighted by Gasteiger charge is -2.12. The second-order valence-electron chi connectivity index (χ2n) is 5.78. The first-order chi connectivity index (χ1) is 12.5. The molecule has 134 valence electrons. The van der Waals surface area contributed by atoms with Gasteiger partial charge in [0.1, 0.15) is 36.4 Å². The van der Waals surface area contributed by atoms with E-state index in [-0.39, 0.29) is 5.57 Å². The van der Waals surface area contributed by atoms with Gasteiger partial charge >= 0.3 is 0 Å². The van der Waals surface area contributed by atoms with E-state index in [1.165, 1.54) is 11.6 Å². The molecule has 0 aromatic heterocycles. The minimum Gasteiger partial charge on any atom is -0.490 e. The van der Waals surface area contributed by atoms with E-state index in [1.54, 1.807) is 24.3 Å². The third kappa shape index (κ3) is 5.38. The Bertz CT molecular complexity index is 851. The molecule has 1 amide bonds. The van der Waals surface area contributed by atoms with Crippen molar-refractivity contribution in [1.29, 1.82) is 5.26 Å². The Morgan fingerprint density at radius 3 is 2.62 bits per heavy atom. The molecule has 2 aromatic rings. The SMILES string of the molecule is CCc1cc(C)cc(OCCOc2ccccc2/C=C(/C#N)C(N)=O)c1. The van der Waals surface area contributed by atoms with Crippen LogP contribution in [0.1, 0.15) is 23.6 Å². The number of nitrogens with zero attached hydrogens (tertiary/aromatic N) is 1. The Kier molecular flexibility index (Phi) is 6.81. The van der Waals surface area contributed by atoms with Crippen LogP contribution in [-0.2, 0) is 11.2 Å². The Morgan fingerprint density at radius 1 is 1.19 bits per heavy atom. The van der Waals surface area contributed by atoms with E-state index in [9.17, 15) is 4.79 Å². The van der Waals surface area contributed by atoms with Gasteiger partial charge in [-0.2, -0.15) is 5.26 Å². The molecule has 0 unspecified atom stereocenters. The third-order valence-corrected chi connectivity index (χ3v) is 3.73. The van der Waals surface area contributed by atoms with Crippen molar-refractivity contribution in [3.05, 3.63) is 64.7 Å². The number of hydrogen-bond acceptors (Lipinski definition) is 4. The molecule has 0 atom stereocenters. The number of hydrogen-bond donors (Lipinski definition) is 1. The monoisotopic (exact) mass is 350 g/mol. The number of nitrogens with two attached hydrogens (primary N) is 1. The molecule has 0 aliphatic rings. The Hall–Kier alpha value is -3.26. The summed E-state index contributed by atoms with van der Waals surface area (Å²) in [6.45, 7) is 4.86. The molecule has 2 aromatic carbocycles. The maximum absolute atomic E-state index is 11.2. The van der Waals surface area contributed by atoms with Gasteiger partial charge in [-0.25, -0.2) is 0 Å². The van der Waals surface area contributed by atoms with Crippen LogP contribution in [0.25, 0.3) is 6.08 Å². The number of benzene rings is 2. The number of carbonyl (C=O) groups excluding carboxylic acids is 1. The first-order valence-corrected chi connectivity index (χ1v) is 8.40. The number of ether oxygens (including phenoxy) is 2. The van der Waals surface area contributed by atoms with Gasteiger partial charge in [0.25, 0.3) is 5.91 Å². The number of carbonyl (C=O) groups is 1. The first-order valence-electron chi connectivity index (χ1n) is 8.40. The number of rotatable bonds is 8. The van der Waals surface area contributed by atoms with E-state index in [0.717, 1.165) is 17.7 Å². The topological polar surface area (TPSA) is 85.3 Å². The van der Waals surface area contributed by atoms with Gasteiger partial charge in [0.2, 0.25) is 0 Å². The van der Waals surface area contributed by atoms with Gasteiger partial charge in [-0.1, -0.05) is 31.2 Å². The highest BCUT2D eigenvalue weighted by atomic mass is 16.5. The van der Waals surface area contributed by atoms with Gasteiger partial charge in [-0.15, -0.1) is 0 Å². The number of para-hydroxylation sites is 1. The average Bonchev–Trinajstić information content (AvgIpc) is 2.63. The summed E-state index contributed by atoms with van der Waals surface area (Å²) >= 11 is 0. The van der Waals surface area contributed by atoms with Gasteiger partial charge in [0, 0.05) is 5.56 Å². The minimum absolute atomic E-state index is 0.121. The van der Waals surface area contributed by atoms with Crippen LogP contribution < -0.4 is 15.2 Å². The van der Waals surface area contributed by atoms with Crippen molar-refractivity contribution in [3.8, 4) is 17.6 Å². The molecule has 0 fully saturated rings. The van der Waals surface area contributed by atoms with E-state index < -0.39 is 5.91 Å². The average molecular weight is 350 g/mol. The van der Waals surface area contributed by atoms with Crippen LogP contribution in [0.5, 0.6) is 11.5 Å². The predicted octanol–water partition coefficient (Wildman–Crippen LogP) is 3.41. The fourth-order valence-electron chi connectivity index (χ4n) is 2.47. The highest BCUT2D eigenvalue weighted by molar-refractivity contribution is 6.00. The molecule has 5 heteroatoms. The van der Waals surface area contributed by atoms with E-state index >= 15 is 0 Å². The van der Waals surface area contributed by atoms with Gasteiger partial charge in [-0.3, -0.25) is 4.79 Å². The summed E-state index contributed by atoms with van der Waals surface area (Å²) in [4.78, 5) is 11.2. The Balaban J connectivity index is 2.00. The maximum atomic E-state index is 11.2. The molecular weight excluding hydrogens is 328 g/mol. The van der Waals surface area contributed by atoms with Gasteiger partial charge in [0.15, 0.2) is 0 Å². The van der Waals surface area contributed by atoms with Crippen LogP contribution in [-0.4, -0.2) is 19.1 Å². The standard InChI is InChI=1S/C21H22N2O3/c1-3-16-10-15(2)11-19(12-16)25-8-9-26-20-7-5-4-6-17(20)13-18(14-22)21(23)24/h4-7,10-13H,3,8-9H2,1-2H3,(H2,23,24)/b18-13-. The predicted molar refractivity (Wildman–Crippen MR) is 101 cm³/mol. The summed E-state index contributed by atoms with van der Waals surface area (Å²) in [6, 6.07) is 15.1. The minimum atomic E-state index is -0.767. The molecule has 0 bridgehead atoms. The summed E-state index contributed by atoms with van der Waals surface area (Å²) in [5.74, 6) is 0.611. The molecule has 0 spiro atoms. The van der Waals surface area contributed by atoms with Crippen molar-refractivity contribution in [2.45, 2.75) is 20.3 Å². The van der Waals surface area contributed by atoms with Crippen LogP contribution in [0, 0.1) is 18.3 Å². The summed E-state index contributed by atoms with van der Waals surface area (Å²) < 4.78 is 11.5. The van der Waals surface area contributed by atoms with Crippen LogP contribution in [0.4, 0.5) is 0 Å². The molecular formula is C21H22N2O3. The van der Waals surface area contributed by atoms with Crippen LogP contribution in [0.15, 0.2) is 48.0 Å². The van der Waals surface area contributed by atoms with E-state index in [1.807, 2.05) is 25.1 Å². The van der Waals surface area contributed by atoms with Crippen molar-refractivity contribution in [2.24, 2.45) is 5.73 Å². The fourth-order valence-corrected chi connectivity index (χ4v) is 2.47. The highest BCUT2D eigenvalue weighted by Gasteiger charge is 2.07. The largest absolute Gasteiger partial charge is 0.490 e. The molecule has 5 nitrogen and oxygen atoms in total. The number of aryl methyl sites for hydroxylation is 2. The molecule has 26 heavy (non-hydrogen) atoms. The third-order valence-electron chi connectivity index (χ3n) is 3.73. The molecule has 0 saturated heterocycles. The van der Waals surface area contributed by atoms with Gasteiger partial charge in [0.05, 0.1) is 0 Å². The Morgan fingerprint density at radius 2 is 1.92 bits per heavy atom. The molecule has 0 saturated carbocycles. The van der Waals surface area contributed by atoms with Crippen molar-refractivity contribution in [3.63, 3.8) is 0 Å². The second-order valence-corrected chi connectivity index (χ2v) is 5.78. The zero-order valence-electron chi connectivity index (χ0n) is 15.0. The van der Waals surface area contributed by atoms with E-state index in [4.69, 9.17) is 20.5 Å². The molecule has 0 radical (unpaired) electrons. The Labute approximate surface area is 153 Å². The molecule has 0 heterocycles. The number of nitriles is 1. The van der Waals surface area contributed by atoms with Crippen molar-refractivity contribution in [1.82, 2.24) is 0 Å². The summed E-state index contributed by atoms with van der Waals surface area (Å²) in [7, 11) is 0. The van der Waals surface area contributed by atoms with Crippen LogP contribution >= 0.6 is 0 Å². The second kappa shape index (κ2) is 9.28. The molecule has 2 rings (SSSR count). The molecule has 0 aliphatic heterocycles. The van der Waals surface area contributed by atoms with Crippen LogP contribution in [0.2, 0.25) is 0 Å². The number of amides is 1. The fraction of sp³-hybridized carbons (Fsp3) is 0.238. The van der Waals surface area contributed by atoms with E-state index in [2.05, 4.69) is 13.0 Å².